The van der Waals surface area contributed by atoms with Gasteiger partial charge in [0.2, 0.25) is 0 Å². The quantitative estimate of drug-likeness (QED) is 0.493. The van der Waals surface area contributed by atoms with Crippen molar-refractivity contribution in [2.45, 2.75) is 19.9 Å². The van der Waals surface area contributed by atoms with Crippen LogP contribution >= 0.6 is 0 Å². The van der Waals surface area contributed by atoms with E-state index in [2.05, 4.69) is 0 Å². The van der Waals surface area contributed by atoms with Crippen LogP contribution in [0.15, 0.2) is 54.1 Å². The van der Waals surface area contributed by atoms with Crippen molar-refractivity contribution in [2.75, 3.05) is 27.2 Å². The predicted molar refractivity (Wildman–Crippen MR) is 110 cm³/mol. The lowest BCUT2D eigenvalue weighted by Gasteiger charge is -2.26. The lowest BCUT2D eigenvalue weighted by Crippen LogP contribution is -2.35. The molecule has 1 fully saturated rings. The molecule has 0 aliphatic carbocycles. The SMILES string of the molecule is Cc1ccc(C)c(C(O)=C2C(=O)C(=O)N(CCN(C)C)[C@@H]2c2ccccc2)c1. The smallest absolute Gasteiger partial charge is 0.295 e. The van der Waals surface area contributed by atoms with Gasteiger partial charge in [-0.05, 0) is 45.1 Å². The molecule has 146 valence electrons. The molecule has 1 N–H and O–H groups in total. The molecule has 3 rings (SSSR count). The second kappa shape index (κ2) is 7.98. The molecule has 0 unspecified atom stereocenters. The number of amides is 1. The highest BCUT2D eigenvalue weighted by molar-refractivity contribution is 6.46. The fraction of sp³-hybridized carbons (Fsp3) is 0.304. The first-order valence-electron chi connectivity index (χ1n) is 9.37. The van der Waals surface area contributed by atoms with E-state index in [0.29, 0.717) is 18.7 Å². The van der Waals surface area contributed by atoms with Gasteiger partial charge in [-0.1, -0.05) is 48.0 Å². The van der Waals surface area contributed by atoms with Gasteiger partial charge in [0.1, 0.15) is 5.76 Å². The molecule has 1 atom stereocenters. The van der Waals surface area contributed by atoms with Crippen LogP contribution < -0.4 is 0 Å². The number of likely N-dealkylation sites (N-methyl/N-ethyl adjacent to an activating group) is 1. The second-order valence-electron chi connectivity index (χ2n) is 7.52. The van der Waals surface area contributed by atoms with Crippen LogP contribution in [0, 0.1) is 13.8 Å². The van der Waals surface area contributed by atoms with Gasteiger partial charge in [-0.2, -0.15) is 0 Å². The molecular formula is C23H26N2O3. The summed E-state index contributed by atoms with van der Waals surface area (Å²) in [4.78, 5) is 29.3. The average molecular weight is 378 g/mol. The number of aliphatic hydroxyl groups is 1. The normalized spacial score (nSPS) is 18.9. The molecule has 0 aromatic heterocycles. The number of likely N-dealkylation sites (tertiary alicyclic amines) is 1. The van der Waals surface area contributed by atoms with Gasteiger partial charge in [0.05, 0.1) is 11.6 Å². The van der Waals surface area contributed by atoms with E-state index in [1.807, 2.05) is 81.4 Å². The van der Waals surface area contributed by atoms with Crippen molar-refractivity contribution in [3.05, 3.63) is 76.4 Å². The Morgan fingerprint density at radius 2 is 1.75 bits per heavy atom. The Morgan fingerprint density at radius 3 is 2.39 bits per heavy atom. The van der Waals surface area contributed by atoms with E-state index >= 15 is 0 Å². The first kappa shape index (κ1) is 19.8. The number of carbonyl (C=O) groups is 2. The van der Waals surface area contributed by atoms with Crippen molar-refractivity contribution >= 4 is 17.4 Å². The van der Waals surface area contributed by atoms with Gasteiger partial charge in [0, 0.05) is 18.7 Å². The molecule has 0 saturated carbocycles. The summed E-state index contributed by atoms with van der Waals surface area (Å²) in [7, 11) is 3.84. The van der Waals surface area contributed by atoms with Gasteiger partial charge >= 0.3 is 0 Å². The number of benzene rings is 2. The zero-order valence-electron chi connectivity index (χ0n) is 16.8. The summed E-state index contributed by atoms with van der Waals surface area (Å²) in [5, 5.41) is 11.1. The molecule has 1 aliphatic rings. The molecular weight excluding hydrogens is 352 g/mol. The van der Waals surface area contributed by atoms with Gasteiger partial charge in [0.15, 0.2) is 0 Å². The number of rotatable bonds is 5. The maximum Gasteiger partial charge on any atom is 0.295 e. The average Bonchev–Trinajstić information content (AvgIpc) is 2.93. The Bertz CT molecular complexity index is 932. The largest absolute Gasteiger partial charge is 0.507 e. The van der Waals surface area contributed by atoms with Crippen LogP contribution in [-0.2, 0) is 9.59 Å². The van der Waals surface area contributed by atoms with Crippen molar-refractivity contribution in [3.63, 3.8) is 0 Å². The minimum absolute atomic E-state index is 0.110. The first-order valence-corrected chi connectivity index (χ1v) is 9.37. The van der Waals surface area contributed by atoms with Crippen molar-refractivity contribution in [1.29, 1.82) is 0 Å². The number of nitrogens with zero attached hydrogens (tertiary/aromatic N) is 2. The van der Waals surface area contributed by atoms with Crippen LogP contribution in [0.1, 0.15) is 28.3 Å². The minimum atomic E-state index is -0.633. The molecule has 1 saturated heterocycles. The highest BCUT2D eigenvalue weighted by atomic mass is 16.3. The summed E-state index contributed by atoms with van der Waals surface area (Å²) in [5.41, 5.74) is 3.39. The first-order chi connectivity index (χ1) is 13.3. The second-order valence-corrected chi connectivity index (χ2v) is 7.52. The van der Waals surface area contributed by atoms with E-state index in [1.54, 1.807) is 4.90 Å². The number of Topliss-reactive ketones (excluding diaryl/α,β-unsaturated/α-hetero) is 1. The molecule has 2 aromatic carbocycles. The van der Waals surface area contributed by atoms with Crippen LogP contribution in [0.3, 0.4) is 0 Å². The summed E-state index contributed by atoms with van der Waals surface area (Å²) in [6.45, 7) is 4.84. The van der Waals surface area contributed by atoms with E-state index in [-0.39, 0.29) is 11.3 Å². The highest BCUT2D eigenvalue weighted by Crippen LogP contribution is 2.39. The van der Waals surface area contributed by atoms with Crippen LogP contribution in [0.2, 0.25) is 0 Å². The number of aryl methyl sites for hydroxylation is 2. The van der Waals surface area contributed by atoms with Crippen molar-refractivity contribution in [2.24, 2.45) is 0 Å². The van der Waals surface area contributed by atoms with Gasteiger partial charge in [-0.15, -0.1) is 0 Å². The van der Waals surface area contributed by atoms with E-state index in [4.69, 9.17) is 0 Å². The van der Waals surface area contributed by atoms with E-state index in [0.717, 1.165) is 16.7 Å². The van der Waals surface area contributed by atoms with Gasteiger partial charge in [-0.25, -0.2) is 0 Å². The molecule has 0 spiro atoms. The zero-order valence-corrected chi connectivity index (χ0v) is 16.8. The van der Waals surface area contributed by atoms with Crippen molar-refractivity contribution < 1.29 is 14.7 Å². The molecule has 0 bridgehead atoms. The predicted octanol–water partition coefficient (Wildman–Crippen LogP) is 3.29. The van der Waals surface area contributed by atoms with Crippen LogP contribution in [0.5, 0.6) is 0 Å². The van der Waals surface area contributed by atoms with Crippen molar-refractivity contribution in [1.82, 2.24) is 9.80 Å². The maximum atomic E-state index is 12.9. The van der Waals surface area contributed by atoms with Crippen LogP contribution in [0.25, 0.3) is 5.76 Å². The number of carbonyl (C=O) groups excluding carboxylic acids is 2. The highest BCUT2D eigenvalue weighted by Gasteiger charge is 2.45. The third kappa shape index (κ3) is 3.71. The lowest BCUT2D eigenvalue weighted by atomic mass is 9.93. The molecule has 1 heterocycles. The Morgan fingerprint density at radius 1 is 1.07 bits per heavy atom. The van der Waals surface area contributed by atoms with Gasteiger partial charge < -0.3 is 14.9 Å². The third-order valence-corrected chi connectivity index (χ3v) is 5.09. The minimum Gasteiger partial charge on any atom is -0.507 e. The van der Waals surface area contributed by atoms with Gasteiger partial charge in [0.25, 0.3) is 11.7 Å². The topological polar surface area (TPSA) is 60.9 Å². The molecule has 2 aromatic rings. The van der Waals surface area contributed by atoms with Crippen LogP contribution in [0.4, 0.5) is 0 Å². The number of aliphatic hydroxyl groups excluding tert-OH is 1. The molecule has 5 heteroatoms. The third-order valence-electron chi connectivity index (χ3n) is 5.09. The number of ketones is 1. The summed E-state index contributed by atoms with van der Waals surface area (Å²) < 4.78 is 0. The standard InChI is InChI=1S/C23H26N2O3/c1-15-10-11-16(2)18(14-15)21(26)19-20(17-8-6-5-7-9-17)25(13-12-24(3)4)23(28)22(19)27/h5-11,14,20,26H,12-13H2,1-4H3/t20-/m1/s1. The lowest BCUT2D eigenvalue weighted by molar-refractivity contribution is -0.140. The maximum absolute atomic E-state index is 12.9. The molecule has 28 heavy (non-hydrogen) atoms. The fourth-order valence-corrected chi connectivity index (χ4v) is 3.54. The van der Waals surface area contributed by atoms with Gasteiger partial charge in [-0.3, -0.25) is 9.59 Å². The van der Waals surface area contributed by atoms with Crippen molar-refractivity contribution in [3.8, 4) is 0 Å². The van der Waals surface area contributed by atoms with E-state index in [9.17, 15) is 14.7 Å². The molecule has 5 nitrogen and oxygen atoms in total. The Labute approximate surface area is 165 Å². The van der Waals surface area contributed by atoms with E-state index < -0.39 is 17.7 Å². The Balaban J connectivity index is 2.18. The monoisotopic (exact) mass is 378 g/mol. The molecule has 0 radical (unpaired) electrons. The van der Waals surface area contributed by atoms with E-state index in [1.165, 1.54) is 0 Å². The summed E-state index contributed by atoms with van der Waals surface area (Å²) in [5.74, 6) is -1.31. The summed E-state index contributed by atoms with van der Waals surface area (Å²) in [6.07, 6.45) is 0. The molecule has 1 amide bonds. The summed E-state index contributed by atoms with van der Waals surface area (Å²) in [6, 6.07) is 14.5. The zero-order chi connectivity index (χ0) is 20.4. The number of hydrogen-bond acceptors (Lipinski definition) is 4. The number of hydrogen-bond donors (Lipinski definition) is 1. The summed E-state index contributed by atoms with van der Waals surface area (Å²) >= 11 is 0. The van der Waals surface area contributed by atoms with Crippen LogP contribution in [-0.4, -0.2) is 53.8 Å². The molecule has 1 aliphatic heterocycles. The Hall–Kier alpha value is -2.92. The Kier molecular flexibility index (Phi) is 5.66. The fourth-order valence-electron chi connectivity index (χ4n) is 3.54.